The van der Waals surface area contributed by atoms with Gasteiger partial charge in [-0.05, 0) is 18.4 Å². The molecule has 2 aliphatic rings. The van der Waals surface area contributed by atoms with Crippen molar-refractivity contribution in [1.82, 2.24) is 4.90 Å². The first-order valence-corrected chi connectivity index (χ1v) is 5.98. The molecule has 0 unspecified atom stereocenters. The largest absolute Gasteiger partial charge is 0.394 e. The molecule has 0 aromatic carbocycles. The van der Waals surface area contributed by atoms with Gasteiger partial charge in [0, 0.05) is 20.2 Å². The van der Waals surface area contributed by atoms with Crippen molar-refractivity contribution in [3.05, 3.63) is 11.9 Å². The molecule has 2 fully saturated rings. The van der Waals surface area contributed by atoms with E-state index in [1.165, 1.54) is 0 Å². The minimum absolute atomic E-state index is 0.0451. The van der Waals surface area contributed by atoms with Crippen LogP contribution in [0.1, 0.15) is 12.8 Å². The van der Waals surface area contributed by atoms with Crippen LogP contribution in [0, 0.1) is 0 Å². The number of aliphatic hydroxyl groups is 1. The van der Waals surface area contributed by atoms with E-state index in [1.807, 2.05) is 0 Å². The van der Waals surface area contributed by atoms with Gasteiger partial charge in [-0.3, -0.25) is 4.90 Å². The number of ether oxygens (including phenoxy) is 2. The van der Waals surface area contributed by atoms with E-state index in [2.05, 4.69) is 4.90 Å². The zero-order valence-electron chi connectivity index (χ0n) is 10.2. The second-order valence-electron chi connectivity index (χ2n) is 4.90. The maximum Gasteiger partial charge on any atom is 0.0872 e. The molecular formula is C12H20FNO3. The number of methoxy groups -OCH3 is 1. The Kier molecular flexibility index (Phi) is 4.14. The van der Waals surface area contributed by atoms with E-state index < -0.39 is 0 Å². The maximum absolute atomic E-state index is 12.6. The van der Waals surface area contributed by atoms with Crippen molar-refractivity contribution in [2.24, 2.45) is 0 Å². The summed E-state index contributed by atoms with van der Waals surface area (Å²) in [5, 5.41) is 8.76. The molecular weight excluding hydrogens is 225 g/mol. The second-order valence-corrected chi connectivity index (χ2v) is 4.90. The molecule has 2 atom stereocenters. The Hall–Kier alpha value is -0.490. The van der Waals surface area contributed by atoms with Crippen LogP contribution < -0.4 is 0 Å². The molecule has 0 bridgehead atoms. The summed E-state index contributed by atoms with van der Waals surface area (Å²) in [6.45, 7) is 2.47. The fraction of sp³-hybridized carbons (Fsp3) is 0.833. The van der Waals surface area contributed by atoms with Crippen LogP contribution in [0.2, 0.25) is 0 Å². The van der Waals surface area contributed by atoms with Crippen LogP contribution in [0.25, 0.3) is 0 Å². The molecule has 0 aromatic heterocycles. The molecule has 0 amide bonds. The standard InChI is InChI=1S/C12H20FNO3/c1-16-9-12-4-10(6-13)7-14(12)8-11(5-12)17-3-2-15/h6,11,15H,2-5,7-9H2,1H3/b10-6+/t11-,12+/m0/s1. The van der Waals surface area contributed by atoms with Crippen molar-refractivity contribution in [1.29, 1.82) is 0 Å². The van der Waals surface area contributed by atoms with Gasteiger partial charge in [-0.25, -0.2) is 4.39 Å². The van der Waals surface area contributed by atoms with Crippen LogP contribution in [0.15, 0.2) is 11.9 Å². The summed E-state index contributed by atoms with van der Waals surface area (Å²) in [6.07, 6.45) is 2.41. The molecule has 0 aliphatic carbocycles. The molecule has 0 spiro atoms. The average Bonchev–Trinajstić information content (AvgIpc) is 2.79. The van der Waals surface area contributed by atoms with Gasteiger partial charge in [0.1, 0.15) is 0 Å². The normalized spacial score (nSPS) is 35.7. The van der Waals surface area contributed by atoms with Crippen molar-refractivity contribution in [2.45, 2.75) is 24.5 Å². The Labute approximate surface area is 101 Å². The first kappa shape index (κ1) is 13.0. The zero-order chi connectivity index (χ0) is 12.3. The topological polar surface area (TPSA) is 41.9 Å². The summed E-state index contributed by atoms with van der Waals surface area (Å²) in [5.41, 5.74) is 0.731. The van der Waals surface area contributed by atoms with E-state index in [1.54, 1.807) is 7.11 Å². The Balaban J connectivity index is 2.01. The maximum atomic E-state index is 12.6. The van der Waals surface area contributed by atoms with Crippen LogP contribution >= 0.6 is 0 Å². The van der Waals surface area contributed by atoms with E-state index in [0.717, 1.165) is 31.3 Å². The molecule has 0 radical (unpaired) electrons. The van der Waals surface area contributed by atoms with Gasteiger partial charge >= 0.3 is 0 Å². The lowest BCUT2D eigenvalue weighted by Crippen LogP contribution is -2.42. The van der Waals surface area contributed by atoms with Gasteiger partial charge in [-0.2, -0.15) is 0 Å². The van der Waals surface area contributed by atoms with Gasteiger partial charge in [-0.1, -0.05) is 0 Å². The molecule has 1 N–H and O–H groups in total. The van der Waals surface area contributed by atoms with Crippen molar-refractivity contribution in [3.8, 4) is 0 Å². The summed E-state index contributed by atoms with van der Waals surface area (Å²) in [5.74, 6) is 0. The predicted octanol–water partition coefficient (Wildman–Crippen LogP) is 0.712. The Morgan fingerprint density at radius 2 is 2.47 bits per heavy atom. The Morgan fingerprint density at radius 3 is 3.12 bits per heavy atom. The lowest BCUT2D eigenvalue weighted by atomic mass is 9.93. The van der Waals surface area contributed by atoms with Gasteiger partial charge < -0.3 is 14.6 Å². The highest BCUT2D eigenvalue weighted by atomic mass is 19.1. The molecule has 17 heavy (non-hydrogen) atoms. The highest BCUT2D eigenvalue weighted by Crippen LogP contribution is 2.42. The first-order chi connectivity index (χ1) is 8.24. The molecule has 0 aromatic rings. The molecule has 4 nitrogen and oxygen atoms in total. The highest BCUT2D eigenvalue weighted by Gasteiger charge is 2.50. The first-order valence-electron chi connectivity index (χ1n) is 5.98. The number of hydrogen-bond acceptors (Lipinski definition) is 4. The number of hydrogen-bond donors (Lipinski definition) is 1. The molecule has 0 saturated carbocycles. The molecule has 2 heterocycles. The second kappa shape index (κ2) is 5.44. The predicted molar refractivity (Wildman–Crippen MR) is 61.4 cm³/mol. The van der Waals surface area contributed by atoms with Crippen molar-refractivity contribution >= 4 is 0 Å². The summed E-state index contributed by atoms with van der Waals surface area (Å²) < 4.78 is 23.5. The fourth-order valence-electron chi connectivity index (χ4n) is 3.07. The molecule has 5 heteroatoms. The molecule has 2 aliphatic heterocycles. The van der Waals surface area contributed by atoms with Gasteiger partial charge in [-0.15, -0.1) is 0 Å². The van der Waals surface area contributed by atoms with Gasteiger partial charge in [0.25, 0.3) is 0 Å². The molecule has 2 rings (SSSR count). The average molecular weight is 245 g/mol. The number of nitrogens with zero attached hydrogens (tertiary/aromatic N) is 1. The molecule has 98 valence electrons. The monoisotopic (exact) mass is 245 g/mol. The van der Waals surface area contributed by atoms with Crippen LogP contribution in [-0.4, -0.2) is 61.7 Å². The number of fused-ring (bicyclic) bond motifs is 1. The third-order valence-electron chi connectivity index (χ3n) is 3.66. The lowest BCUT2D eigenvalue weighted by molar-refractivity contribution is 0.0309. The third kappa shape index (κ3) is 2.52. The minimum Gasteiger partial charge on any atom is -0.394 e. The van der Waals surface area contributed by atoms with Crippen LogP contribution in [0.3, 0.4) is 0 Å². The lowest BCUT2D eigenvalue weighted by Gasteiger charge is -2.30. The number of rotatable bonds is 5. The SMILES string of the molecule is COC[C@]12C/C(=C\F)CN1C[C@@H](OCCO)C2. The van der Waals surface area contributed by atoms with E-state index in [9.17, 15) is 4.39 Å². The smallest absolute Gasteiger partial charge is 0.0872 e. The third-order valence-corrected chi connectivity index (χ3v) is 3.66. The van der Waals surface area contributed by atoms with Gasteiger partial charge in [0.2, 0.25) is 0 Å². The van der Waals surface area contributed by atoms with Crippen LogP contribution in [0.5, 0.6) is 0 Å². The van der Waals surface area contributed by atoms with Crippen molar-refractivity contribution < 1.29 is 19.0 Å². The zero-order valence-corrected chi connectivity index (χ0v) is 10.2. The van der Waals surface area contributed by atoms with Gasteiger partial charge in [0.15, 0.2) is 0 Å². The van der Waals surface area contributed by atoms with E-state index >= 15 is 0 Å². The fourth-order valence-corrected chi connectivity index (χ4v) is 3.07. The highest BCUT2D eigenvalue weighted by molar-refractivity contribution is 5.20. The number of aliphatic hydroxyl groups excluding tert-OH is 1. The summed E-state index contributed by atoms with van der Waals surface area (Å²) in [6, 6.07) is 0. The Morgan fingerprint density at radius 1 is 1.65 bits per heavy atom. The summed E-state index contributed by atoms with van der Waals surface area (Å²) >= 11 is 0. The Bertz CT molecular complexity index is 297. The van der Waals surface area contributed by atoms with E-state index in [0.29, 0.717) is 19.8 Å². The van der Waals surface area contributed by atoms with Crippen molar-refractivity contribution in [3.63, 3.8) is 0 Å². The van der Waals surface area contributed by atoms with Gasteiger partial charge in [0.05, 0.1) is 37.8 Å². The van der Waals surface area contributed by atoms with E-state index in [4.69, 9.17) is 14.6 Å². The molecule has 2 saturated heterocycles. The van der Waals surface area contributed by atoms with Crippen LogP contribution in [0.4, 0.5) is 4.39 Å². The van der Waals surface area contributed by atoms with Crippen LogP contribution in [-0.2, 0) is 9.47 Å². The van der Waals surface area contributed by atoms with E-state index in [-0.39, 0.29) is 18.2 Å². The summed E-state index contributed by atoms with van der Waals surface area (Å²) in [7, 11) is 1.67. The quantitative estimate of drug-likeness (QED) is 0.774. The summed E-state index contributed by atoms with van der Waals surface area (Å²) in [4.78, 5) is 2.24. The minimum atomic E-state index is -0.104. The van der Waals surface area contributed by atoms with Crippen molar-refractivity contribution in [2.75, 3.05) is 40.0 Å². The number of halogens is 1.